The van der Waals surface area contributed by atoms with Crippen molar-refractivity contribution in [2.45, 2.75) is 18.9 Å². The molecule has 2 rings (SSSR count). The maximum Gasteiger partial charge on any atom is 0.0662 e. The van der Waals surface area contributed by atoms with Crippen molar-refractivity contribution in [2.24, 2.45) is 0 Å². The van der Waals surface area contributed by atoms with Crippen molar-refractivity contribution >= 4 is 0 Å². The van der Waals surface area contributed by atoms with Crippen molar-refractivity contribution in [2.75, 3.05) is 39.4 Å². The molecule has 0 aliphatic carbocycles. The first kappa shape index (κ1) is 8.48. The van der Waals surface area contributed by atoms with E-state index in [9.17, 15) is 0 Å². The largest absolute Gasteiger partial charge is 0.378 e. The Morgan fingerprint density at radius 2 is 2.50 bits per heavy atom. The molecule has 2 heterocycles. The summed E-state index contributed by atoms with van der Waals surface area (Å²) < 4.78 is 5.51. The second kappa shape index (κ2) is 3.32. The first-order valence-electron chi connectivity index (χ1n) is 4.90. The maximum absolute atomic E-state index is 5.51. The van der Waals surface area contributed by atoms with Gasteiger partial charge in [-0.05, 0) is 13.0 Å². The molecule has 0 aromatic heterocycles. The molecule has 0 aromatic rings. The fourth-order valence-electron chi connectivity index (χ4n) is 2.20. The van der Waals surface area contributed by atoms with Gasteiger partial charge in [0.05, 0.1) is 18.8 Å². The minimum absolute atomic E-state index is 0.300. The number of hydrogen-bond donors (Lipinski definition) is 1. The minimum Gasteiger partial charge on any atom is -0.378 e. The zero-order valence-electron chi connectivity index (χ0n) is 7.81. The van der Waals surface area contributed by atoms with Crippen molar-refractivity contribution < 1.29 is 4.74 Å². The van der Waals surface area contributed by atoms with Crippen molar-refractivity contribution in [1.29, 1.82) is 0 Å². The van der Waals surface area contributed by atoms with Crippen molar-refractivity contribution in [1.82, 2.24) is 10.2 Å². The molecule has 1 spiro atoms. The van der Waals surface area contributed by atoms with Crippen LogP contribution in [0, 0.1) is 0 Å². The molecular weight excluding hydrogens is 152 g/mol. The molecule has 0 radical (unpaired) electrons. The average molecular weight is 170 g/mol. The molecule has 1 unspecified atom stereocenters. The van der Waals surface area contributed by atoms with Gasteiger partial charge in [-0.3, -0.25) is 0 Å². The zero-order chi connectivity index (χ0) is 8.44. The first-order chi connectivity index (χ1) is 5.85. The number of rotatable bonds is 1. The van der Waals surface area contributed by atoms with Crippen LogP contribution in [0.4, 0.5) is 0 Å². The summed E-state index contributed by atoms with van der Waals surface area (Å²) in [4.78, 5) is 2.49. The van der Waals surface area contributed by atoms with Gasteiger partial charge in [0, 0.05) is 19.6 Å². The van der Waals surface area contributed by atoms with Gasteiger partial charge in [0.1, 0.15) is 0 Å². The monoisotopic (exact) mass is 170 g/mol. The normalized spacial score (nSPS) is 37.8. The second-order valence-corrected chi connectivity index (χ2v) is 3.88. The SMILES string of the molecule is CCN1CCC2(COCCN2)C1. The lowest BCUT2D eigenvalue weighted by Gasteiger charge is -2.34. The van der Waals surface area contributed by atoms with Crippen LogP contribution < -0.4 is 5.32 Å². The average Bonchev–Trinajstić information content (AvgIpc) is 2.50. The van der Waals surface area contributed by atoms with Gasteiger partial charge in [-0.15, -0.1) is 0 Å². The molecule has 0 saturated carbocycles. The topological polar surface area (TPSA) is 24.5 Å². The van der Waals surface area contributed by atoms with Crippen LogP contribution in [0.5, 0.6) is 0 Å². The number of morpholine rings is 1. The number of nitrogens with zero attached hydrogens (tertiary/aromatic N) is 1. The van der Waals surface area contributed by atoms with Gasteiger partial charge >= 0.3 is 0 Å². The Morgan fingerprint density at radius 1 is 1.58 bits per heavy atom. The van der Waals surface area contributed by atoms with E-state index in [0.29, 0.717) is 5.54 Å². The Hall–Kier alpha value is -0.120. The van der Waals surface area contributed by atoms with Crippen molar-refractivity contribution in [3.05, 3.63) is 0 Å². The van der Waals surface area contributed by atoms with Crippen LogP contribution >= 0.6 is 0 Å². The highest BCUT2D eigenvalue weighted by atomic mass is 16.5. The Balaban J connectivity index is 1.94. The highest BCUT2D eigenvalue weighted by Gasteiger charge is 2.38. The minimum atomic E-state index is 0.300. The molecule has 70 valence electrons. The van der Waals surface area contributed by atoms with E-state index in [2.05, 4.69) is 17.1 Å². The number of nitrogens with one attached hydrogen (secondary N) is 1. The number of likely N-dealkylation sites (tertiary alicyclic amines) is 1. The molecule has 2 saturated heterocycles. The van der Waals surface area contributed by atoms with E-state index in [0.717, 1.165) is 19.8 Å². The van der Waals surface area contributed by atoms with Crippen molar-refractivity contribution in [3.8, 4) is 0 Å². The Morgan fingerprint density at radius 3 is 3.08 bits per heavy atom. The molecule has 3 nitrogen and oxygen atoms in total. The summed E-state index contributed by atoms with van der Waals surface area (Å²) in [6.45, 7) is 8.61. The summed E-state index contributed by atoms with van der Waals surface area (Å²) in [5, 5.41) is 3.59. The summed E-state index contributed by atoms with van der Waals surface area (Å²) in [5.41, 5.74) is 0.300. The van der Waals surface area contributed by atoms with Crippen LogP contribution in [0.2, 0.25) is 0 Å². The fraction of sp³-hybridized carbons (Fsp3) is 1.00. The third-order valence-electron chi connectivity index (χ3n) is 3.00. The predicted octanol–water partition coefficient (Wildman–Crippen LogP) is 0.0706. The standard InChI is InChI=1S/C9H18N2O/c1-2-11-5-3-9(7-11)8-12-6-4-10-9/h10H,2-8H2,1H3. The highest BCUT2D eigenvalue weighted by Crippen LogP contribution is 2.22. The van der Waals surface area contributed by atoms with Crippen molar-refractivity contribution in [3.63, 3.8) is 0 Å². The number of hydrogen-bond acceptors (Lipinski definition) is 3. The summed E-state index contributed by atoms with van der Waals surface area (Å²) in [7, 11) is 0. The lowest BCUT2D eigenvalue weighted by atomic mass is 9.99. The maximum atomic E-state index is 5.51. The van der Waals surface area contributed by atoms with E-state index in [4.69, 9.17) is 4.74 Å². The van der Waals surface area contributed by atoms with Crippen LogP contribution in [0.25, 0.3) is 0 Å². The summed E-state index contributed by atoms with van der Waals surface area (Å²) in [6.07, 6.45) is 1.25. The van der Waals surface area contributed by atoms with Gasteiger partial charge in [0.2, 0.25) is 0 Å². The van der Waals surface area contributed by atoms with Crippen LogP contribution in [0.1, 0.15) is 13.3 Å². The summed E-state index contributed by atoms with van der Waals surface area (Å²) in [6, 6.07) is 0. The van der Waals surface area contributed by atoms with Crippen LogP contribution in [0.15, 0.2) is 0 Å². The van der Waals surface area contributed by atoms with E-state index < -0.39 is 0 Å². The molecule has 1 atom stereocenters. The fourth-order valence-corrected chi connectivity index (χ4v) is 2.20. The smallest absolute Gasteiger partial charge is 0.0662 e. The molecule has 0 amide bonds. The number of likely N-dealkylation sites (N-methyl/N-ethyl adjacent to an activating group) is 1. The second-order valence-electron chi connectivity index (χ2n) is 3.88. The van der Waals surface area contributed by atoms with Gasteiger partial charge in [-0.1, -0.05) is 6.92 Å². The Kier molecular flexibility index (Phi) is 2.35. The molecule has 1 N–H and O–H groups in total. The Bertz CT molecular complexity index is 155. The molecular formula is C9H18N2O. The van der Waals surface area contributed by atoms with Gasteiger partial charge < -0.3 is 15.0 Å². The highest BCUT2D eigenvalue weighted by molar-refractivity contribution is 4.98. The molecule has 3 heteroatoms. The van der Waals surface area contributed by atoms with Gasteiger partial charge in [-0.25, -0.2) is 0 Å². The summed E-state index contributed by atoms with van der Waals surface area (Å²) >= 11 is 0. The third-order valence-corrected chi connectivity index (χ3v) is 3.00. The zero-order valence-corrected chi connectivity index (χ0v) is 7.81. The van der Waals surface area contributed by atoms with Gasteiger partial charge in [-0.2, -0.15) is 0 Å². The lowest BCUT2D eigenvalue weighted by molar-refractivity contribution is 0.0314. The molecule has 2 aliphatic heterocycles. The molecule has 2 fully saturated rings. The van der Waals surface area contributed by atoms with Crippen LogP contribution in [-0.2, 0) is 4.74 Å². The lowest BCUT2D eigenvalue weighted by Crippen LogP contribution is -2.55. The van der Waals surface area contributed by atoms with E-state index in [1.165, 1.54) is 26.1 Å². The predicted molar refractivity (Wildman–Crippen MR) is 48.3 cm³/mol. The molecule has 2 aliphatic rings. The summed E-state index contributed by atoms with van der Waals surface area (Å²) in [5.74, 6) is 0. The first-order valence-corrected chi connectivity index (χ1v) is 4.90. The third kappa shape index (κ3) is 1.49. The van der Waals surface area contributed by atoms with Crippen LogP contribution in [0.3, 0.4) is 0 Å². The van der Waals surface area contributed by atoms with Gasteiger partial charge in [0.25, 0.3) is 0 Å². The Labute approximate surface area is 74.1 Å². The van der Waals surface area contributed by atoms with E-state index >= 15 is 0 Å². The van der Waals surface area contributed by atoms with E-state index in [1.807, 2.05) is 0 Å². The number of ether oxygens (including phenoxy) is 1. The van der Waals surface area contributed by atoms with E-state index in [1.54, 1.807) is 0 Å². The van der Waals surface area contributed by atoms with E-state index in [-0.39, 0.29) is 0 Å². The molecule has 12 heavy (non-hydrogen) atoms. The molecule has 0 aromatic carbocycles. The van der Waals surface area contributed by atoms with Crippen LogP contribution in [-0.4, -0.2) is 49.8 Å². The van der Waals surface area contributed by atoms with Gasteiger partial charge in [0.15, 0.2) is 0 Å². The quantitative estimate of drug-likeness (QED) is 0.603. The molecule has 0 bridgehead atoms.